The summed E-state index contributed by atoms with van der Waals surface area (Å²) in [5.41, 5.74) is 8.19. The van der Waals surface area contributed by atoms with Gasteiger partial charge < -0.3 is 10.5 Å². The van der Waals surface area contributed by atoms with E-state index in [4.69, 9.17) is 10.5 Å². The van der Waals surface area contributed by atoms with Crippen molar-refractivity contribution in [3.05, 3.63) is 29.3 Å². The van der Waals surface area contributed by atoms with Crippen LogP contribution in [0.1, 0.15) is 44.2 Å². The van der Waals surface area contributed by atoms with E-state index >= 15 is 0 Å². The van der Waals surface area contributed by atoms with Gasteiger partial charge in [-0.2, -0.15) is 0 Å². The van der Waals surface area contributed by atoms with Gasteiger partial charge in [-0.25, -0.2) is 0 Å². The Balaban J connectivity index is 2.10. The van der Waals surface area contributed by atoms with Crippen molar-refractivity contribution in [1.82, 2.24) is 0 Å². The zero-order valence-corrected chi connectivity index (χ0v) is 12.5. The molecule has 1 fully saturated rings. The monoisotopic (exact) mass is 261 g/mol. The lowest BCUT2D eigenvalue weighted by molar-refractivity contribution is 0.0991. The summed E-state index contributed by atoms with van der Waals surface area (Å²) in [4.78, 5) is 0. The molecule has 0 amide bonds. The molecule has 0 heterocycles. The number of rotatable bonds is 4. The van der Waals surface area contributed by atoms with Gasteiger partial charge in [-0.3, -0.25) is 0 Å². The molecule has 1 aromatic rings. The van der Waals surface area contributed by atoms with Crippen LogP contribution < -0.4 is 10.5 Å². The van der Waals surface area contributed by atoms with Crippen LogP contribution in [0.4, 0.5) is 0 Å². The van der Waals surface area contributed by atoms with Gasteiger partial charge in [0.25, 0.3) is 0 Å². The quantitative estimate of drug-likeness (QED) is 0.897. The van der Waals surface area contributed by atoms with Crippen molar-refractivity contribution in [3.63, 3.8) is 0 Å². The minimum Gasteiger partial charge on any atom is -0.490 e. The van der Waals surface area contributed by atoms with Gasteiger partial charge in [0.1, 0.15) is 5.75 Å². The fraction of sp³-hybridized carbons (Fsp3) is 0.647. The standard InChI is InChI=1S/C17H27NO/c1-12-7-8-16(11-14(12)3)19-17-13(2)5-4-6-15(17)9-10-18/h4-6,12,14,16H,7-11,18H2,1-3H3. The minimum atomic E-state index is 0.379. The molecular weight excluding hydrogens is 234 g/mol. The highest BCUT2D eigenvalue weighted by atomic mass is 16.5. The van der Waals surface area contributed by atoms with Crippen molar-refractivity contribution < 1.29 is 4.74 Å². The molecule has 0 spiro atoms. The van der Waals surface area contributed by atoms with Crippen LogP contribution in [-0.2, 0) is 6.42 Å². The third-order valence-corrected chi connectivity index (χ3v) is 4.54. The third kappa shape index (κ3) is 3.50. The second-order valence-electron chi connectivity index (χ2n) is 6.11. The number of ether oxygens (including phenoxy) is 1. The van der Waals surface area contributed by atoms with Gasteiger partial charge in [0.2, 0.25) is 0 Å². The molecule has 2 rings (SSSR count). The fourth-order valence-corrected chi connectivity index (χ4v) is 3.01. The second kappa shape index (κ2) is 6.42. The Bertz CT molecular complexity index is 416. The van der Waals surface area contributed by atoms with E-state index in [1.807, 2.05) is 0 Å². The summed E-state index contributed by atoms with van der Waals surface area (Å²) in [7, 11) is 0. The topological polar surface area (TPSA) is 35.2 Å². The van der Waals surface area contributed by atoms with Crippen LogP contribution in [0, 0.1) is 18.8 Å². The molecule has 19 heavy (non-hydrogen) atoms. The Morgan fingerprint density at radius 1 is 1.21 bits per heavy atom. The first-order valence-corrected chi connectivity index (χ1v) is 7.57. The lowest BCUT2D eigenvalue weighted by Crippen LogP contribution is -2.29. The molecule has 0 radical (unpaired) electrons. The first-order valence-electron chi connectivity index (χ1n) is 7.57. The predicted molar refractivity (Wildman–Crippen MR) is 80.5 cm³/mol. The molecule has 2 heteroatoms. The van der Waals surface area contributed by atoms with Gasteiger partial charge >= 0.3 is 0 Å². The van der Waals surface area contributed by atoms with E-state index in [-0.39, 0.29) is 0 Å². The SMILES string of the molecule is Cc1cccc(CCN)c1OC1CCC(C)C(C)C1. The molecule has 0 saturated heterocycles. The molecule has 2 nitrogen and oxygen atoms in total. The van der Waals surface area contributed by atoms with E-state index in [9.17, 15) is 0 Å². The smallest absolute Gasteiger partial charge is 0.125 e. The molecule has 0 bridgehead atoms. The van der Waals surface area contributed by atoms with Crippen LogP contribution in [0.15, 0.2) is 18.2 Å². The summed E-state index contributed by atoms with van der Waals surface area (Å²) < 4.78 is 6.33. The maximum atomic E-state index is 6.33. The Morgan fingerprint density at radius 3 is 2.68 bits per heavy atom. The number of benzene rings is 1. The largest absolute Gasteiger partial charge is 0.490 e. The molecule has 2 N–H and O–H groups in total. The second-order valence-corrected chi connectivity index (χ2v) is 6.11. The summed E-state index contributed by atoms with van der Waals surface area (Å²) in [6.45, 7) is 7.51. The first-order chi connectivity index (χ1) is 9.11. The normalized spacial score (nSPS) is 27.3. The van der Waals surface area contributed by atoms with E-state index in [0.717, 1.165) is 24.0 Å². The Hall–Kier alpha value is -1.02. The molecule has 106 valence electrons. The Kier molecular flexibility index (Phi) is 4.87. The Morgan fingerprint density at radius 2 is 2.00 bits per heavy atom. The highest BCUT2D eigenvalue weighted by Gasteiger charge is 2.26. The molecule has 1 aliphatic carbocycles. The maximum Gasteiger partial charge on any atom is 0.125 e. The number of hydrogen-bond donors (Lipinski definition) is 1. The van der Waals surface area contributed by atoms with Crippen LogP contribution in [0.3, 0.4) is 0 Å². The molecule has 1 saturated carbocycles. The van der Waals surface area contributed by atoms with E-state index in [1.165, 1.54) is 30.4 Å². The van der Waals surface area contributed by atoms with Crippen molar-refractivity contribution >= 4 is 0 Å². The van der Waals surface area contributed by atoms with Gasteiger partial charge in [-0.15, -0.1) is 0 Å². The lowest BCUT2D eigenvalue weighted by Gasteiger charge is -2.33. The maximum absolute atomic E-state index is 6.33. The lowest BCUT2D eigenvalue weighted by atomic mass is 9.80. The van der Waals surface area contributed by atoms with Crippen molar-refractivity contribution in [3.8, 4) is 5.75 Å². The molecule has 1 aromatic carbocycles. The van der Waals surface area contributed by atoms with Gasteiger partial charge in [-0.05, 0) is 62.1 Å². The third-order valence-electron chi connectivity index (χ3n) is 4.54. The van der Waals surface area contributed by atoms with E-state index in [0.29, 0.717) is 12.6 Å². The molecular formula is C17H27NO. The van der Waals surface area contributed by atoms with Crippen LogP contribution in [-0.4, -0.2) is 12.6 Å². The summed E-state index contributed by atoms with van der Waals surface area (Å²) in [5.74, 6) is 2.68. The number of hydrogen-bond acceptors (Lipinski definition) is 2. The first kappa shape index (κ1) is 14.4. The summed E-state index contributed by atoms with van der Waals surface area (Å²) in [6, 6.07) is 6.37. The van der Waals surface area contributed by atoms with E-state index in [2.05, 4.69) is 39.0 Å². The van der Waals surface area contributed by atoms with Crippen molar-refractivity contribution in [2.45, 2.75) is 52.6 Å². The van der Waals surface area contributed by atoms with Crippen molar-refractivity contribution in [1.29, 1.82) is 0 Å². The average molecular weight is 261 g/mol. The molecule has 3 atom stereocenters. The van der Waals surface area contributed by atoms with Gasteiger partial charge in [0.05, 0.1) is 6.10 Å². The van der Waals surface area contributed by atoms with Crippen LogP contribution in [0.2, 0.25) is 0 Å². The molecule has 0 aromatic heterocycles. The van der Waals surface area contributed by atoms with Crippen LogP contribution >= 0.6 is 0 Å². The van der Waals surface area contributed by atoms with E-state index in [1.54, 1.807) is 0 Å². The van der Waals surface area contributed by atoms with Gasteiger partial charge in [-0.1, -0.05) is 32.0 Å². The van der Waals surface area contributed by atoms with Gasteiger partial charge in [0.15, 0.2) is 0 Å². The average Bonchev–Trinajstić information content (AvgIpc) is 2.38. The number of para-hydroxylation sites is 1. The Labute approximate surface area is 117 Å². The minimum absolute atomic E-state index is 0.379. The number of aryl methyl sites for hydroxylation is 1. The molecule has 0 aliphatic heterocycles. The van der Waals surface area contributed by atoms with Crippen LogP contribution in [0.5, 0.6) is 5.75 Å². The van der Waals surface area contributed by atoms with Crippen molar-refractivity contribution in [2.24, 2.45) is 17.6 Å². The predicted octanol–water partition coefficient (Wildman–Crippen LogP) is 3.70. The summed E-state index contributed by atoms with van der Waals surface area (Å²) in [5, 5.41) is 0. The zero-order valence-electron chi connectivity index (χ0n) is 12.5. The summed E-state index contributed by atoms with van der Waals surface area (Å²) in [6.07, 6.45) is 4.92. The number of nitrogens with two attached hydrogens (primary N) is 1. The molecule has 3 unspecified atom stereocenters. The van der Waals surface area contributed by atoms with E-state index < -0.39 is 0 Å². The van der Waals surface area contributed by atoms with Gasteiger partial charge in [0, 0.05) is 0 Å². The fourth-order valence-electron chi connectivity index (χ4n) is 3.01. The zero-order chi connectivity index (χ0) is 13.8. The summed E-state index contributed by atoms with van der Waals surface area (Å²) >= 11 is 0. The van der Waals surface area contributed by atoms with Crippen LogP contribution in [0.25, 0.3) is 0 Å². The molecule has 1 aliphatic rings. The van der Waals surface area contributed by atoms with Crippen molar-refractivity contribution in [2.75, 3.05) is 6.54 Å². The highest BCUT2D eigenvalue weighted by Crippen LogP contribution is 2.34. The highest BCUT2D eigenvalue weighted by molar-refractivity contribution is 5.41.